The van der Waals surface area contributed by atoms with Gasteiger partial charge in [-0.2, -0.15) is 0 Å². The molecule has 2 saturated heterocycles. The topological polar surface area (TPSA) is 15.7 Å². The van der Waals surface area contributed by atoms with Gasteiger partial charge in [0.25, 0.3) is 0 Å². The zero-order valence-electron chi connectivity index (χ0n) is 23.6. The number of rotatable bonds is 13. The first kappa shape index (κ1) is 29.7. The van der Waals surface area contributed by atoms with Crippen LogP contribution in [-0.2, 0) is 12.8 Å². The Balaban J connectivity index is 1.32. The number of halogens is 2. The van der Waals surface area contributed by atoms with Gasteiger partial charge in [0.15, 0.2) is 0 Å². The summed E-state index contributed by atoms with van der Waals surface area (Å²) in [7, 11) is 1.74. The lowest BCUT2D eigenvalue weighted by Crippen LogP contribution is -2.44. The van der Waals surface area contributed by atoms with Gasteiger partial charge in [-0.1, -0.05) is 73.7 Å². The van der Waals surface area contributed by atoms with Gasteiger partial charge in [-0.25, -0.2) is 0 Å². The van der Waals surface area contributed by atoms with Gasteiger partial charge in [-0.05, 0) is 113 Å². The Morgan fingerprint density at radius 3 is 2.34 bits per heavy atom. The van der Waals surface area contributed by atoms with Crippen LogP contribution in [0.4, 0.5) is 0 Å². The number of ether oxygens (including phenoxy) is 1. The Labute approximate surface area is 241 Å². The van der Waals surface area contributed by atoms with E-state index in [1.165, 1.54) is 102 Å². The molecule has 2 heterocycles. The van der Waals surface area contributed by atoms with Crippen LogP contribution in [0.1, 0.15) is 82.3 Å². The molecule has 2 aliphatic heterocycles. The van der Waals surface area contributed by atoms with Gasteiger partial charge < -0.3 is 9.64 Å². The highest BCUT2D eigenvalue weighted by Crippen LogP contribution is 2.31. The van der Waals surface area contributed by atoms with Gasteiger partial charge in [-0.15, -0.1) is 0 Å². The number of likely N-dealkylation sites (tertiary alicyclic amines) is 2. The zero-order valence-corrected chi connectivity index (χ0v) is 25.2. The summed E-state index contributed by atoms with van der Waals surface area (Å²) in [4.78, 5) is 5.56. The van der Waals surface area contributed by atoms with Crippen LogP contribution in [-0.4, -0.2) is 55.2 Å². The van der Waals surface area contributed by atoms with Crippen LogP contribution in [0, 0.1) is 5.92 Å². The largest absolute Gasteiger partial charge is 0.497 e. The number of hydrogen-bond donors (Lipinski definition) is 0. The molecule has 3 atom stereocenters. The molecule has 0 bridgehead atoms. The van der Waals surface area contributed by atoms with Crippen LogP contribution in [0.25, 0.3) is 0 Å². The molecule has 4 rings (SSSR count). The van der Waals surface area contributed by atoms with E-state index < -0.39 is 0 Å². The van der Waals surface area contributed by atoms with Gasteiger partial charge in [0.05, 0.1) is 17.2 Å². The fourth-order valence-corrected chi connectivity index (χ4v) is 7.14. The summed E-state index contributed by atoms with van der Waals surface area (Å²) in [6, 6.07) is 16.0. The SMILES string of the molecule is CCCC(Cc1cccc(Cl)c1Cl)N1CCCC(CCCC(Cc2ccc(OC)cc2)N2CCCCC2)C1. The maximum atomic E-state index is 6.58. The van der Waals surface area contributed by atoms with Crippen LogP contribution in [0.15, 0.2) is 42.5 Å². The maximum Gasteiger partial charge on any atom is 0.118 e. The zero-order chi connectivity index (χ0) is 26.7. The van der Waals surface area contributed by atoms with Gasteiger partial charge in [-0.3, -0.25) is 4.90 Å². The van der Waals surface area contributed by atoms with Crippen molar-refractivity contribution in [3.63, 3.8) is 0 Å². The van der Waals surface area contributed by atoms with Gasteiger partial charge in [0, 0.05) is 18.6 Å². The lowest BCUT2D eigenvalue weighted by atomic mass is 9.88. The predicted octanol–water partition coefficient (Wildman–Crippen LogP) is 8.69. The van der Waals surface area contributed by atoms with E-state index in [1.807, 2.05) is 12.1 Å². The quantitative estimate of drug-likeness (QED) is 0.244. The number of methoxy groups -OCH3 is 1. The standard InChI is InChI=1S/C33H48Cl2N2O/c1-3-10-29(24-28-13-8-15-32(34)33(28)35)37-22-9-12-27(25-37)11-7-14-30(36-20-5-4-6-21-36)23-26-16-18-31(38-2)19-17-26/h8,13,15-19,27,29-30H,3-7,9-12,14,20-25H2,1-2H3. The first-order valence-corrected chi connectivity index (χ1v) is 15.9. The van der Waals surface area contributed by atoms with E-state index in [0.717, 1.165) is 29.5 Å². The Morgan fingerprint density at radius 2 is 1.61 bits per heavy atom. The van der Waals surface area contributed by atoms with Gasteiger partial charge in [0.1, 0.15) is 5.75 Å². The van der Waals surface area contributed by atoms with Crippen LogP contribution in [0.2, 0.25) is 10.0 Å². The van der Waals surface area contributed by atoms with Crippen molar-refractivity contribution >= 4 is 23.2 Å². The maximum absolute atomic E-state index is 6.58. The van der Waals surface area contributed by atoms with E-state index in [0.29, 0.717) is 17.1 Å². The van der Waals surface area contributed by atoms with Crippen molar-refractivity contribution in [3.8, 4) is 5.75 Å². The molecule has 0 amide bonds. The Hall–Kier alpha value is -1.26. The second-order valence-electron chi connectivity index (χ2n) is 11.6. The van der Waals surface area contributed by atoms with Crippen LogP contribution < -0.4 is 4.74 Å². The molecule has 0 radical (unpaired) electrons. The van der Waals surface area contributed by atoms with Gasteiger partial charge in [0.2, 0.25) is 0 Å². The van der Waals surface area contributed by atoms with Crippen molar-refractivity contribution in [1.29, 1.82) is 0 Å². The summed E-state index contributed by atoms with van der Waals surface area (Å²) in [6.45, 7) is 7.28. The molecule has 5 heteroatoms. The van der Waals surface area contributed by atoms with Crippen molar-refractivity contribution in [1.82, 2.24) is 9.80 Å². The van der Waals surface area contributed by atoms with Crippen LogP contribution >= 0.6 is 23.2 Å². The molecule has 2 aromatic rings. The first-order chi connectivity index (χ1) is 18.6. The second-order valence-corrected chi connectivity index (χ2v) is 12.4. The minimum Gasteiger partial charge on any atom is -0.497 e. The third kappa shape index (κ3) is 8.62. The van der Waals surface area contributed by atoms with Crippen molar-refractivity contribution in [2.24, 2.45) is 5.92 Å². The average Bonchev–Trinajstić information content (AvgIpc) is 2.95. The Morgan fingerprint density at radius 1 is 0.868 bits per heavy atom. The fraction of sp³-hybridized carbons (Fsp3) is 0.636. The molecule has 2 fully saturated rings. The summed E-state index contributed by atoms with van der Waals surface area (Å²) in [6.07, 6.45) is 15.3. The highest BCUT2D eigenvalue weighted by Gasteiger charge is 2.27. The van der Waals surface area contributed by atoms with Crippen LogP contribution in [0.5, 0.6) is 5.75 Å². The van der Waals surface area contributed by atoms with Gasteiger partial charge >= 0.3 is 0 Å². The molecule has 210 valence electrons. The monoisotopic (exact) mass is 558 g/mol. The summed E-state index contributed by atoms with van der Waals surface area (Å²) in [5.74, 6) is 1.75. The number of hydrogen-bond acceptors (Lipinski definition) is 3. The molecule has 0 saturated carbocycles. The molecular weight excluding hydrogens is 511 g/mol. The van der Waals surface area contributed by atoms with E-state index >= 15 is 0 Å². The molecule has 3 unspecified atom stereocenters. The molecular formula is C33H48Cl2N2O. The van der Waals surface area contributed by atoms with E-state index in [1.54, 1.807) is 7.11 Å². The minimum atomic E-state index is 0.551. The molecule has 2 aromatic carbocycles. The highest BCUT2D eigenvalue weighted by molar-refractivity contribution is 6.42. The van der Waals surface area contributed by atoms with Crippen molar-refractivity contribution in [2.75, 3.05) is 33.3 Å². The van der Waals surface area contributed by atoms with E-state index in [9.17, 15) is 0 Å². The van der Waals surface area contributed by atoms with Crippen molar-refractivity contribution in [3.05, 3.63) is 63.6 Å². The molecule has 0 aliphatic carbocycles. The lowest BCUT2D eigenvalue weighted by Gasteiger charge is -2.39. The number of benzene rings is 2. The highest BCUT2D eigenvalue weighted by atomic mass is 35.5. The third-order valence-electron chi connectivity index (χ3n) is 8.86. The summed E-state index contributed by atoms with van der Waals surface area (Å²) in [5, 5.41) is 1.42. The normalized spacial score (nSPS) is 20.8. The number of nitrogens with zero attached hydrogens (tertiary/aromatic N) is 2. The second kappa shape index (κ2) is 15.5. The number of piperidine rings is 2. The molecule has 0 N–H and O–H groups in total. The summed E-state index contributed by atoms with van der Waals surface area (Å²) in [5.41, 5.74) is 2.63. The molecule has 0 aromatic heterocycles. The van der Waals surface area contributed by atoms with Crippen molar-refractivity contribution in [2.45, 2.75) is 96.1 Å². The first-order valence-electron chi connectivity index (χ1n) is 15.1. The smallest absolute Gasteiger partial charge is 0.118 e. The minimum absolute atomic E-state index is 0.551. The molecule has 0 spiro atoms. The molecule has 3 nitrogen and oxygen atoms in total. The van der Waals surface area contributed by atoms with Crippen molar-refractivity contribution < 1.29 is 4.74 Å². The van der Waals surface area contributed by atoms with Crippen LogP contribution in [0.3, 0.4) is 0 Å². The fourth-order valence-electron chi connectivity index (χ4n) is 6.74. The van der Waals surface area contributed by atoms with E-state index in [-0.39, 0.29) is 0 Å². The van der Waals surface area contributed by atoms with E-state index in [4.69, 9.17) is 27.9 Å². The summed E-state index contributed by atoms with van der Waals surface area (Å²) >= 11 is 12.9. The molecule has 2 aliphatic rings. The van der Waals surface area contributed by atoms with E-state index in [2.05, 4.69) is 47.1 Å². The average molecular weight is 560 g/mol. The summed E-state index contributed by atoms with van der Waals surface area (Å²) < 4.78 is 5.38. The third-order valence-corrected chi connectivity index (χ3v) is 9.72. The predicted molar refractivity (Wildman–Crippen MR) is 163 cm³/mol. The molecule has 38 heavy (non-hydrogen) atoms. The Bertz CT molecular complexity index is 960. The Kier molecular flexibility index (Phi) is 12.1. The lowest BCUT2D eigenvalue weighted by molar-refractivity contribution is 0.107.